The highest BCUT2D eigenvalue weighted by Crippen LogP contribution is 2.38. The lowest BCUT2D eigenvalue weighted by Gasteiger charge is -2.13. The number of hydrogen-bond donors (Lipinski definition) is 0. The average molecular weight is 267 g/mol. The number of carbonyl (C=O) groups is 1. The van der Waals surface area contributed by atoms with E-state index in [0.717, 1.165) is 16.5 Å². The lowest BCUT2D eigenvalue weighted by Crippen LogP contribution is -2.05. The van der Waals surface area contributed by atoms with E-state index in [4.69, 9.17) is 0 Å². The van der Waals surface area contributed by atoms with E-state index in [9.17, 15) is 4.79 Å². The first-order chi connectivity index (χ1) is 6.95. The molecular formula is C13H15BrO. The second-order valence-electron chi connectivity index (χ2n) is 4.51. The molecule has 0 amide bonds. The molecule has 0 saturated heterocycles. The lowest BCUT2D eigenvalue weighted by atomic mass is 9.95. The van der Waals surface area contributed by atoms with Gasteiger partial charge in [-0.3, -0.25) is 4.79 Å². The van der Waals surface area contributed by atoms with Crippen molar-refractivity contribution >= 4 is 21.7 Å². The molecule has 0 fully saturated rings. The minimum atomic E-state index is 0.149. The van der Waals surface area contributed by atoms with Gasteiger partial charge in [0.25, 0.3) is 0 Å². The summed E-state index contributed by atoms with van der Waals surface area (Å²) in [6.07, 6.45) is 0.886. The number of fused-ring (bicyclic) bond motifs is 1. The van der Waals surface area contributed by atoms with Gasteiger partial charge < -0.3 is 0 Å². The molecule has 2 heteroatoms. The Kier molecular flexibility index (Phi) is 2.50. The summed E-state index contributed by atoms with van der Waals surface area (Å²) in [7, 11) is 0. The van der Waals surface area contributed by atoms with E-state index in [2.05, 4.69) is 36.7 Å². The predicted molar refractivity (Wildman–Crippen MR) is 65.6 cm³/mol. The molecule has 0 bridgehead atoms. The van der Waals surface area contributed by atoms with Gasteiger partial charge in [0.2, 0.25) is 0 Å². The highest BCUT2D eigenvalue weighted by molar-refractivity contribution is 9.10. The van der Waals surface area contributed by atoms with Crippen LogP contribution in [0, 0.1) is 26.7 Å². The van der Waals surface area contributed by atoms with E-state index in [1.807, 2.05) is 6.92 Å². The quantitative estimate of drug-likeness (QED) is 0.699. The van der Waals surface area contributed by atoms with Crippen molar-refractivity contribution in [3.8, 4) is 0 Å². The predicted octanol–water partition coefficient (Wildman–Crippen LogP) is 3.75. The van der Waals surface area contributed by atoms with Gasteiger partial charge in [-0.25, -0.2) is 0 Å². The molecule has 1 nitrogen and oxygen atoms in total. The lowest BCUT2D eigenvalue weighted by molar-refractivity contribution is 0.0945. The summed E-state index contributed by atoms with van der Waals surface area (Å²) < 4.78 is 1.14. The Bertz CT molecular complexity index is 460. The molecular weight excluding hydrogens is 252 g/mol. The number of halogens is 1. The van der Waals surface area contributed by atoms with Gasteiger partial charge in [-0.05, 0) is 49.4 Å². The molecule has 15 heavy (non-hydrogen) atoms. The van der Waals surface area contributed by atoms with E-state index in [1.165, 1.54) is 22.3 Å². The Morgan fingerprint density at radius 1 is 1.13 bits per heavy atom. The zero-order valence-corrected chi connectivity index (χ0v) is 11.2. The second kappa shape index (κ2) is 3.44. The van der Waals surface area contributed by atoms with Crippen molar-refractivity contribution in [3.63, 3.8) is 0 Å². The first kappa shape index (κ1) is 10.9. The molecule has 1 aliphatic carbocycles. The number of hydrogen-bond acceptors (Lipinski definition) is 1. The molecule has 1 unspecified atom stereocenters. The third kappa shape index (κ3) is 1.38. The zero-order chi connectivity index (χ0) is 11.3. The summed E-state index contributed by atoms with van der Waals surface area (Å²) in [5.41, 5.74) is 5.86. The SMILES string of the molecule is Cc1c(C)c(Br)c2c(c1C)C(=O)C(C)C2. The molecule has 0 heterocycles. The Balaban J connectivity index is 2.81. The van der Waals surface area contributed by atoms with Crippen molar-refractivity contribution < 1.29 is 4.79 Å². The second-order valence-corrected chi connectivity index (χ2v) is 5.30. The van der Waals surface area contributed by atoms with Crippen LogP contribution in [0.1, 0.15) is 39.5 Å². The zero-order valence-electron chi connectivity index (χ0n) is 9.57. The molecule has 80 valence electrons. The van der Waals surface area contributed by atoms with Crippen LogP contribution >= 0.6 is 15.9 Å². The minimum absolute atomic E-state index is 0.149. The fourth-order valence-electron chi connectivity index (χ4n) is 2.37. The first-order valence-electron chi connectivity index (χ1n) is 5.27. The van der Waals surface area contributed by atoms with Crippen molar-refractivity contribution in [2.75, 3.05) is 0 Å². The van der Waals surface area contributed by atoms with Crippen molar-refractivity contribution in [3.05, 3.63) is 32.3 Å². The summed E-state index contributed by atoms with van der Waals surface area (Å²) in [4.78, 5) is 12.0. The summed E-state index contributed by atoms with van der Waals surface area (Å²) in [6.45, 7) is 8.27. The van der Waals surface area contributed by atoms with Crippen molar-refractivity contribution in [2.45, 2.75) is 34.1 Å². The topological polar surface area (TPSA) is 17.1 Å². The van der Waals surface area contributed by atoms with Gasteiger partial charge >= 0.3 is 0 Å². The third-order valence-corrected chi connectivity index (χ3v) is 4.67. The first-order valence-corrected chi connectivity index (χ1v) is 6.06. The Morgan fingerprint density at radius 3 is 2.33 bits per heavy atom. The molecule has 2 rings (SSSR count). The monoisotopic (exact) mass is 266 g/mol. The summed E-state index contributed by atoms with van der Waals surface area (Å²) in [5.74, 6) is 0.461. The molecule has 0 spiro atoms. The van der Waals surface area contributed by atoms with Crippen LogP contribution in [0.3, 0.4) is 0 Å². The van der Waals surface area contributed by atoms with Gasteiger partial charge in [-0.2, -0.15) is 0 Å². The van der Waals surface area contributed by atoms with Crippen molar-refractivity contribution in [1.82, 2.24) is 0 Å². The van der Waals surface area contributed by atoms with Crippen LogP contribution in [0.4, 0.5) is 0 Å². The van der Waals surface area contributed by atoms with Crippen LogP contribution < -0.4 is 0 Å². The number of carbonyl (C=O) groups excluding carboxylic acids is 1. The summed E-state index contributed by atoms with van der Waals surface area (Å²) in [5, 5.41) is 0. The van der Waals surface area contributed by atoms with Gasteiger partial charge in [-0.1, -0.05) is 22.9 Å². The Morgan fingerprint density at radius 2 is 1.73 bits per heavy atom. The maximum atomic E-state index is 12.0. The maximum absolute atomic E-state index is 12.0. The standard InChI is InChI=1S/C13H15BrO/c1-6-5-10-11(13(6)15)8(3)7(2)9(4)12(10)14/h6H,5H2,1-4H3. The van der Waals surface area contributed by atoms with E-state index >= 15 is 0 Å². The van der Waals surface area contributed by atoms with Gasteiger partial charge in [0.15, 0.2) is 5.78 Å². The molecule has 0 aromatic heterocycles. The molecule has 0 N–H and O–H groups in total. The van der Waals surface area contributed by atoms with Crippen molar-refractivity contribution in [2.24, 2.45) is 5.92 Å². The Labute approximate surface area is 99.0 Å². The number of Topliss-reactive ketones (excluding diaryl/α,β-unsaturated/α-hetero) is 1. The van der Waals surface area contributed by atoms with E-state index in [-0.39, 0.29) is 5.92 Å². The van der Waals surface area contributed by atoms with Gasteiger partial charge in [0, 0.05) is 16.0 Å². The van der Waals surface area contributed by atoms with Gasteiger partial charge in [-0.15, -0.1) is 0 Å². The number of rotatable bonds is 0. The largest absolute Gasteiger partial charge is 0.294 e. The van der Waals surface area contributed by atoms with Crippen LogP contribution in [0.2, 0.25) is 0 Å². The van der Waals surface area contributed by atoms with E-state index in [0.29, 0.717) is 5.78 Å². The summed E-state index contributed by atoms with van der Waals surface area (Å²) >= 11 is 3.62. The van der Waals surface area contributed by atoms with E-state index < -0.39 is 0 Å². The molecule has 1 aromatic carbocycles. The van der Waals surface area contributed by atoms with Crippen molar-refractivity contribution in [1.29, 1.82) is 0 Å². The minimum Gasteiger partial charge on any atom is -0.294 e. The van der Waals surface area contributed by atoms with Crippen LogP contribution in [0.25, 0.3) is 0 Å². The molecule has 0 aliphatic heterocycles. The number of benzene rings is 1. The van der Waals surface area contributed by atoms with Gasteiger partial charge in [0.1, 0.15) is 0 Å². The van der Waals surface area contributed by atoms with Crippen LogP contribution in [-0.2, 0) is 6.42 Å². The maximum Gasteiger partial charge on any atom is 0.166 e. The van der Waals surface area contributed by atoms with Crippen LogP contribution in [-0.4, -0.2) is 5.78 Å². The highest BCUT2D eigenvalue weighted by Gasteiger charge is 2.31. The highest BCUT2D eigenvalue weighted by atomic mass is 79.9. The third-order valence-electron chi connectivity index (χ3n) is 3.60. The normalized spacial score (nSPS) is 19.5. The molecule has 1 aromatic rings. The number of ketones is 1. The van der Waals surface area contributed by atoms with Crippen LogP contribution in [0.5, 0.6) is 0 Å². The van der Waals surface area contributed by atoms with Gasteiger partial charge in [0.05, 0.1) is 0 Å². The summed E-state index contributed by atoms with van der Waals surface area (Å²) in [6, 6.07) is 0. The smallest absolute Gasteiger partial charge is 0.166 e. The molecule has 0 saturated carbocycles. The molecule has 1 aliphatic rings. The molecule has 1 atom stereocenters. The van der Waals surface area contributed by atoms with Crippen LogP contribution in [0.15, 0.2) is 4.47 Å². The average Bonchev–Trinajstić information content (AvgIpc) is 2.50. The van der Waals surface area contributed by atoms with E-state index in [1.54, 1.807) is 0 Å². The fourth-order valence-corrected chi connectivity index (χ4v) is 3.02. The Hall–Kier alpha value is -0.630. The molecule has 0 radical (unpaired) electrons. The fraction of sp³-hybridized carbons (Fsp3) is 0.462.